The van der Waals surface area contributed by atoms with Crippen LogP contribution in [0.5, 0.6) is 0 Å². The van der Waals surface area contributed by atoms with Gasteiger partial charge in [0.15, 0.2) is 5.88 Å². The van der Waals surface area contributed by atoms with E-state index in [1.165, 1.54) is 16.6 Å². The summed E-state index contributed by atoms with van der Waals surface area (Å²) in [5, 5.41) is 2.51. The van der Waals surface area contributed by atoms with Gasteiger partial charge in [0.25, 0.3) is 5.91 Å². The Balaban J connectivity index is 1.48. The van der Waals surface area contributed by atoms with E-state index in [2.05, 4.69) is 16.9 Å². The molecule has 2 aliphatic rings. The molecule has 9 nitrogen and oxygen atoms in total. The second kappa shape index (κ2) is 6.95. The molecule has 2 aromatic heterocycles. The van der Waals surface area contributed by atoms with Gasteiger partial charge in [0.05, 0.1) is 6.54 Å². The molecule has 2 N–H and O–H groups in total. The van der Waals surface area contributed by atoms with Crippen molar-refractivity contribution in [2.75, 3.05) is 18.4 Å². The number of sulfonamides is 1. The number of rotatable bonds is 5. The molecule has 4 heterocycles. The summed E-state index contributed by atoms with van der Waals surface area (Å²) >= 11 is 0. The molecule has 1 fully saturated rings. The maximum Gasteiger partial charge on any atom is 0.270 e. The summed E-state index contributed by atoms with van der Waals surface area (Å²) in [6, 6.07) is 2.98. The summed E-state index contributed by atoms with van der Waals surface area (Å²) in [4.78, 5) is 28.3. The standard InChI is InChI=1S/C18H20N4O5S/c1-2-16(23)20-17-7-12-10-22(11-15(12)27-17)28(25,26)13-8-14(19-9-13)18(24)21-5-3-4-6-21/h2,7-9,19H,1,3-6,10-11H2,(H,20,23). The molecule has 28 heavy (non-hydrogen) atoms. The van der Waals surface area contributed by atoms with Gasteiger partial charge in [-0.1, -0.05) is 6.58 Å². The third kappa shape index (κ3) is 3.25. The molecule has 0 atom stereocenters. The lowest BCUT2D eigenvalue weighted by Gasteiger charge is -2.15. The minimum atomic E-state index is -3.79. The third-order valence-electron chi connectivity index (χ3n) is 4.91. The predicted octanol–water partition coefficient (Wildman–Crippen LogP) is 1.67. The van der Waals surface area contributed by atoms with Gasteiger partial charge in [0.2, 0.25) is 15.9 Å². The largest absolute Gasteiger partial charge is 0.444 e. The fraction of sp³-hybridized carbons (Fsp3) is 0.333. The molecular weight excluding hydrogens is 384 g/mol. The zero-order valence-corrected chi connectivity index (χ0v) is 15.9. The highest BCUT2D eigenvalue weighted by molar-refractivity contribution is 7.89. The second-order valence-corrected chi connectivity index (χ2v) is 8.71. The number of nitrogens with zero attached hydrogens (tertiary/aromatic N) is 2. The first-order chi connectivity index (χ1) is 13.4. The number of carbonyl (C=O) groups excluding carboxylic acids is 2. The highest BCUT2D eigenvalue weighted by Gasteiger charge is 2.34. The summed E-state index contributed by atoms with van der Waals surface area (Å²) < 4.78 is 32.6. The molecule has 2 aromatic rings. The number of anilines is 1. The van der Waals surface area contributed by atoms with Crippen molar-refractivity contribution in [3.63, 3.8) is 0 Å². The van der Waals surface area contributed by atoms with Crippen LogP contribution in [-0.2, 0) is 27.9 Å². The molecule has 1 saturated heterocycles. The summed E-state index contributed by atoms with van der Waals surface area (Å²) in [6.07, 6.45) is 4.39. The van der Waals surface area contributed by atoms with Gasteiger partial charge < -0.3 is 14.3 Å². The Morgan fingerprint density at radius 3 is 2.64 bits per heavy atom. The summed E-state index contributed by atoms with van der Waals surface area (Å²) in [7, 11) is -3.79. The van der Waals surface area contributed by atoms with Gasteiger partial charge in [-0.15, -0.1) is 0 Å². The zero-order chi connectivity index (χ0) is 19.9. The van der Waals surface area contributed by atoms with Crippen LogP contribution in [0.1, 0.15) is 34.7 Å². The summed E-state index contributed by atoms with van der Waals surface area (Å²) in [5.74, 6) is 0.146. The summed E-state index contributed by atoms with van der Waals surface area (Å²) in [6.45, 7) is 4.94. The molecule has 4 rings (SSSR count). The van der Waals surface area contributed by atoms with Gasteiger partial charge in [-0.2, -0.15) is 4.31 Å². The number of carbonyl (C=O) groups is 2. The van der Waals surface area contributed by atoms with Crippen molar-refractivity contribution in [2.24, 2.45) is 0 Å². The van der Waals surface area contributed by atoms with E-state index in [-0.39, 0.29) is 35.5 Å². The van der Waals surface area contributed by atoms with Crippen LogP contribution in [-0.4, -0.2) is 47.5 Å². The van der Waals surface area contributed by atoms with E-state index < -0.39 is 15.9 Å². The molecule has 0 spiro atoms. The molecular formula is C18H20N4O5S. The van der Waals surface area contributed by atoms with E-state index in [1.54, 1.807) is 11.0 Å². The van der Waals surface area contributed by atoms with Crippen LogP contribution in [0.15, 0.2) is 40.3 Å². The van der Waals surface area contributed by atoms with Crippen molar-refractivity contribution >= 4 is 27.7 Å². The normalized spacial score (nSPS) is 16.9. The Labute approximate surface area is 162 Å². The lowest BCUT2D eigenvalue weighted by molar-refractivity contribution is -0.112. The highest BCUT2D eigenvalue weighted by Crippen LogP contribution is 2.33. The number of aromatic nitrogens is 1. The number of hydrogen-bond donors (Lipinski definition) is 2. The molecule has 148 valence electrons. The van der Waals surface area contributed by atoms with Crippen LogP contribution < -0.4 is 5.32 Å². The van der Waals surface area contributed by atoms with E-state index in [4.69, 9.17) is 4.42 Å². The Kier molecular flexibility index (Phi) is 4.60. The Bertz CT molecular complexity index is 1020. The third-order valence-corrected chi connectivity index (χ3v) is 6.68. The number of fused-ring (bicyclic) bond motifs is 1. The zero-order valence-electron chi connectivity index (χ0n) is 15.1. The maximum atomic E-state index is 12.9. The SMILES string of the molecule is C=CC(=O)Nc1cc2c(o1)CN(S(=O)(=O)c1c[nH]c(C(=O)N3CCCC3)c1)C2. The van der Waals surface area contributed by atoms with Crippen LogP contribution >= 0.6 is 0 Å². The van der Waals surface area contributed by atoms with Crippen molar-refractivity contribution in [3.05, 3.63) is 48.0 Å². The first kappa shape index (κ1) is 18.5. The van der Waals surface area contributed by atoms with Gasteiger partial charge >= 0.3 is 0 Å². The molecule has 0 aromatic carbocycles. The molecule has 0 unspecified atom stereocenters. The van der Waals surface area contributed by atoms with E-state index in [9.17, 15) is 18.0 Å². The number of nitrogens with one attached hydrogen (secondary N) is 2. The van der Waals surface area contributed by atoms with Crippen LogP contribution in [0.2, 0.25) is 0 Å². The average Bonchev–Trinajstić information content (AvgIpc) is 3.43. The van der Waals surface area contributed by atoms with Gasteiger partial charge in [-0.05, 0) is 25.0 Å². The minimum Gasteiger partial charge on any atom is -0.444 e. The van der Waals surface area contributed by atoms with E-state index in [1.807, 2.05) is 0 Å². The summed E-state index contributed by atoms with van der Waals surface area (Å²) in [5.41, 5.74) is 0.956. The van der Waals surface area contributed by atoms with E-state index in [0.29, 0.717) is 24.4 Å². The Hall–Kier alpha value is -2.85. The molecule has 0 bridgehead atoms. The fourth-order valence-electron chi connectivity index (χ4n) is 3.43. The highest BCUT2D eigenvalue weighted by atomic mass is 32.2. The van der Waals surface area contributed by atoms with Crippen molar-refractivity contribution in [1.29, 1.82) is 0 Å². The number of H-pyrrole nitrogens is 1. The van der Waals surface area contributed by atoms with Crippen LogP contribution in [0.25, 0.3) is 0 Å². The smallest absolute Gasteiger partial charge is 0.270 e. The van der Waals surface area contributed by atoms with Crippen molar-refractivity contribution in [1.82, 2.24) is 14.2 Å². The Morgan fingerprint density at radius 1 is 1.21 bits per heavy atom. The van der Waals surface area contributed by atoms with Crippen molar-refractivity contribution in [3.8, 4) is 0 Å². The van der Waals surface area contributed by atoms with E-state index in [0.717, 1.165) is 18.9 Å². The maximum absolute atomic E-state index is 12.9. The number of likely N-dealkylation sites (tertiary alicyclic amines) is 1. The minimum absolute atomic E-state index is 0.0420. The van der Waals surface area contributed by atoms with Gasteiger partial charge in [-0.25, -0.2) is 8.42 Å². The molecule has 0 saturated carbocycles. The van der Waals surface area contributed by atoms with Gasteiger partial charge in [0.1, 0.15) is 16.3 Å². The predicted molar refractivity (Wildman–Crippen MR) is 99.9 cm³/mol. The second-order valence-electron chi connectivity index (χ2n) is 6.77. The molecule has 0 radical (unpaired) electrons. The van der Waals surface area contributed by atoms with Crippen LogP contribution in [0.4, 0.5) is 5.88 Å². The average molecular weight is 404 g/mol. The molecule has 2 aliphatic heterocycles. The lowest BCUT2D eigenvalue weighted by Crippen LogP contribution is -2.28. The number of amides is 2. The van der Waals surface area contributed by atoms with E-state index >= 15 is 0 Å². The molecule has 2 amide bonds. The number of hydrogen-bond acceptors (Lipinski definition) is 5. The first-order valence-electron chi connectivity index (χ1n) is 8.91. The quantitative estimate of drug-likeness (QED) is 0.736. The van der Waals surface area contributed by atoms with Crippen molar-refractivity contribution in [2.45, 2.75) is 30.8 Å². The van der Waals surface area contributed by atoms with Crippen molar-refractivity contribution < 1.29 is 22.4 Å². The van der Waals surface area contributed by atoms with Crippen LogP contribution in [0.3, 0.4) is 0 Å². The lowest BCUT2D eigenvalue weighted by atomic mass is 10.3. The molecule has 0 aliphatic carbocycles. The fourth-order valence-corrected chi connectivity index (χ4v) is 4.80. The first-order valence-corrected chi connectivity index (χ1v) is 10.4. The number of aromatic amines is 1. The van der Waals surface area contributed by atoms with Gasteiger partial charge in [0, 0.05) is 37.5 Å². The Morgan fingerprint density at radius 2 is 1.96 bits per heavy atom. The van der Waals surface area contributed by atoms with Gasteiger partial charge in [-0.3, -0.25) is 14.9 Å². The monoisotopic (exact) mass is 404 g/mol. The van der Waals surface area contributed by atoms with Crippen LogP contribution in [0, 0.1) is 0 Å². The molecule has 10 heteroatoms. The number of furan rings is 1. The topological polar surface area (TPSA) is 116 Å².